The van der Waals surface area contributed by atoms with Gasteiger partial charge in [0.1, 0.15) is 6.01 Å². The summed E-state index contributed by atoms with van der Waals surface area (Å²) in [5.41, 5.74) is 4.43. The van der Waals surface area contributed by atoms with E-state index >= 15 is 0 Å². The van der Waals surface area contributed by atoms with Crippen LogP contribution in [0.15, 0.2) is 62.9 Å². The Morgan fingerprint density at radius 2 is 1.35 bits per heavy atom. The average molecular weight is 302 g/mol. The predicted octanol–water partition coefficient (Wildman–Crippen LogP) is 4.90. The number of rotatable bonds is 4. The maximum absolute atomic E-state index is 10.4. The van der Waals surface area contributed by atoms with Gasteiger partial charge >= 0.3 is 0 Å². The van der Waals surface area contributed by atoms with E-state index in [-0.39, 0.29) is 0 Å². The Kier molecular flexibility index (Phi) is 5.30. The summed E-state index contributed by atoms with van der Waals surface area (Å²) in [7, 11) is 0. The molecule has 0 amide bonds. The van der Waals surface area contributed by atoms with E-state index in [1.165, 1.54) is 6.08 Å². The zero-order chi connectivity index (χ0) is 16.7. The molecule has 0 unspecified atom stereocenters. The highest BCUT2D eigenvalue weighted by Crippen LogP contribution is 2.25. The van der Waals surface area contributed by atoms with Gasteiger partial charge < -0.3 is 0 Å². The van der Waals surface area contributed by atoms with Crippen molar-refractivity contribution in [3.05, 3.63) is 54.1 Å². The van der Waals surface area contributed by atoms with Gasteiger partial charge in [0.05, 0.1) is 22.7 Å². The van der Waals surface area contributed by atoms with E-state index in [1.807, 2.05) is 32.0 Å². The number of aryl methyl sites for hydroxylation is 2. The Morgan fingerprint density at radius 3 is 1.83 bits per heavy atom. The first kappa shape index (κ1) is 16.0. The minimum atomic E-state index is 0.529. The molecular formula is C18H14N4O. The predicted molar refractivity (Wildman–Crippen MR) is 92.0 cm³/mol. The lowest BCUT2D eigenvalue weighted by Crippen LogP contribution is -1.74. The van der Waals surface area contributed by atoms with Crippen molar-refractivity contribution in [2.75, 3.05) is 0 Å². The second-order valence-electron chi connectivity index (χ2n) is 4.74. The maximum Gasteiger partial charge on any atom is 0.240 e. The van der Waals surface area contributed by atoms with Gasteiger partial charge in [-0.2, -0.15) is 15.0 Å². The largest absolute Gasteiger partial charge is 0.240 e. The zero-order valence-corrected chi connectivity index (χ0v) is 12.9. The molecule has 0 aromatic heterocycles. The van der Waals surface area contributed by atoms with Crippen LogP contribution in [0.2, 0.25) is 0 Å². The fraction of sp³-hybridized carbons (Fsp3) is 0.111. The molecule has 0 atom stereocenters. The normalized spacial score (nSPS) is 9.13. The van der Waals surface area contributed by atoms with Gasteiger partial charge in [0.25, 0.3) is 0 Å². The maximum atomic E-state index is 10.4. The second-order valence-corrected chi connectivity index (χ2v) is 4.74. The number of carbonyl (C=O) groups excluding carboxylic acids is 1. The van der Waals surface area contributed by atoms with Crippen LogP contribution in [0.1, 0.15) is 11.1 Å². The Bertz CT molecular complexity index is 824. The summed E-state index contributed by atoms with van der Waals surface area (Å²) in [5.74, 6) is 2.51. The van der Waals surface area contributed by atoms with Gasteiger partial charge in [0.2, 0.25) is 6.08 Å². The van der Waals surface area contributed by atoms with Crippen LogP contribution in [0.5, 0.6) is 0 Å². The molecule has 0 saturated heterocycles. The van der Waals surface area contributed by atoms with Crippen LogP contribution < -0.4 is 0 Å². The van der Waals surface area contributed by atoms with Gasteiger partial charge in [-0.3, -0.25) is 0 Å². The van der Waals surface area contributed by atoms with Crippen LogP contribution in [-0.2, 0) is 4.79 Å². The van der Waals surface area contributed by atoms with Crippen LogP contribution in [0, 0.1) is 13.8 Å². The second kappa shape index (κ2) is 7.60. The summed E-state index contributed by atoms with van der Waals surface area (Å²) in [4.78, 5) is 26.3. The standard InChI is InChI=1S/C18H14N4O/c1-4-19-17-9-15(7-5-13(17)2)20-11-21-16-8-6-14(3)18(10-16)22-12-23/h5-10H,1H2,2-3H3. The molecule has 0 saturated carbocycles. The minimum Gasteiger partial charge on any atom is -0.211 e. The van der Waals surface area contributed by atoms with E-state index in [0.717, 1.165) is 16.8 Å². The molecule has 0 radical (unpaired) electrons. The Balaban J connectivity index is 2.31. The molecule has 0 aliphatic rings. The van der Waals surface area contributed by atoms with E-state index in [1.54, 1.807) is 18.2 Å². The minimum absolute atomic E-state index is 0.529. The number of benzene rings is 2. The molecule has 0 N–H and O–H groups in total. The van der Waals surface area contributed by atoms with Crippen molar-refractivity contribution >= 4 is 40.7 Å². The van der Waals surface area contributed by atoms with Crippen molar-refractivity contribution in [1.82, 2.24) is 0 Å². The third kappa shape index (κ3) is 4.31. The molecule has 0 aliphatic carbocycles. The average Bonchev–Trinajstić information content (AvgIpc) is 2.54. The fourth-order valence-corrected chi connectivity index (χ4v) is 1.85. The van der Waals surface area contributed by atoms with E-state index < -0.39 is 0 Å². The smallest absolute Gasteiger partial charge is 0.211 e. The number of isocyanates is 1. The molecule has 0 fully saturated rings. The highest BCUT2D eigenvalue weighted by Gasteiger charge is 1.98. The van der Waals surface area contributed by atoms with Crippen molar-refractivity contribution in [3.8, 4) is 0 Å². The van der Waals surface area contributed by atoms with Gasteiger partial charge in [-0.25, -0.2) is 9.79 Å². The zero-order valence-electron chi connectivity index (χ0n) is 12.9. The van der Waals surface area contributed by atoms with Crippen LogP contribution in [0.4, 0.5) is 22.7 Å². The molecule has 23 heavy (non-hydrogen) atoms. The number of hydrogen-bond donors (Lipinski definition) is 0. The summed E-state index contributed by atoms with van der Waals surface area (Å²) >= 11 is 0. The Hall–Kier alpha value is -3.35. The molecular weight excluding hydrogens is 288 g/mol. The van der Waals surface area contributed by atoms with Crippen molar-refractivity contribution in [2.24, 2.45) is 20.0 Å². The highest BCUT2D eigenvalue weighted by atomic mass is 16.1. The topological polar surface area (TPSA) is 66.5 Å². The SMILES string of the molecule is C=C=Nc1cc(N=C=Nc2ccc(C)c(N=C=O)c2)ccc1C. The van der Waals surface area contributed by atoms with Crippen LogP contribution in [0.25, 0.3) is 0 Å². The van der Waals surface area contributed by atoms with E-state index in [4.69, 9.17) is 0 Å². The Morgan fingerprint density at radius 1 is 0.826 bits per heavy atom. The third-order valence-corrected chi connectivity index (χ3v) is 3.11. The van der Waals surface area contributed by atoms with Crippen molar-refractivity contribution in [2.45, 2.75) is 13.8 Å². The molecule has 2 aromatic carbocycles. The van der Waals surface area contributed by atoms with E-state index in [2.05, 4.69) is 38.4 Å². The quantitative estimate of drug-likeness (QED) is 0.585. The van der Waals surface area contributed by atoms with Crippen LogP contribution in [-0.4, -0.2) is 18.0 Å². The van der Waals surface area contributed by atoms with Gasteiger partial charge in [-0.05, 0) is 61.7 Å². The van der Waals surface area contributed by atoms with E-state index in [9.17, 15) is 4.79 Å². The molecule has 5 heteroatoms. The van der Waals surface area contributed by atoms with Crippen molar-refractivity contribution in [3.63, 3.8) is 0 Å². The summed E-state index contributed by atoms with van der Waals surface area (Å²) in [6.45, 7) is 7.26. The monoisotopic (exact) mass is 302 g/mol. The van der Waals surface area contributed by atoms with Crippen LogP contribution >= 0.6 is 0 Å². The highest BCUT2D eigenvalue weighted by molar-refractivity contribution is 5.66. The van der Waals surface area contributed by atoms with E-state index in [0.29, 0.717) is 17.1 Å². The van der Waals surface area contributed by atoms with Crippen molar-refractivity contribution in [1.29, 1.82) is 0 Å². The van der Waals surface area contributed by atoms with Gasteiger partial charge in [0, 0.05) is 0 Å². The number of hydrogen-bond acceptors (Lipinski definition) is 5. The first-order valence-corrected chi connectivity index (χ1v) is 6.82. The summed E-state index contributed by atoms with van der Waals surface area (Å²) < 4.78 is 0. The molecule has 112 valence electrons. The molecule has 2 aromatic rings. The molecule has 0 spiro atoms. The van der Waals surface area contributed by atoms with Gasteiger partial charge in [-0.1, -0.05) is 12.1 Å². The lowest BCUT2D eigenvalue weighted by atomic mass is 10.2. The van der Waals surface area contributed by atoms with Crippen molar-refractivity contribution < 1.29 is 4.79 Å². The third-order valence-electron chi connectivity index (χ3n) is 3.11. The van der Waals surface area contributed by atoms with Gasteiger partial charge in [0.15, 0.2) is 0 Å². The lowest BCUT2D eigenvalue weighted by Gasteiger charge is -1.99. The lowest BCUT2D eigenvalue weighted by molar-refractivity contribution is 0.565. The van der Waals surface area contributed by atoms with Gasteiger partial charge in [-0.15, -0.1) is 0 Å². The first-order chi connectivity index (χ1) is 11.1. The molecule has 0 bridgehead atoms. The Labute approximate surface area is 134 Å². The summed E-state index contributed by atoms with van der Waals surface area (Å²) in [6, 6.07) is 13.5. The summed E-state index contributed by atoms with van der Waals surface area (Å²) in [5, 5.41) is 0. The first-order valence-electron chi connectivity index (χ1n) is 6.82. The molecule has 0 heterocycles. The molecule has 0 aliphatic heterocycles. The number of aliphatic imine (C=N–C) groups is 4. The van der Waals surface area contributed by atoms with Crippen LogP contribution in [0.3, 0.4) is 0 Å². The fourth-order valence-electron chi connectivity index (χ4n) is 1.85. The molecule has 5 nitrogen and oxygen atoms in total. The summed E-state index contributed by atoms with van der Waals surface area (Å²) in [6.07, 6.45) is 1.53. The molecule has 2 rings (SSSR count). The number of nitrogens with zero attached hydrogens (tertiary/aromatic N) is 4.